The summed E-state index contributed by atoms with van der Waals surface area (Å²) in [5, 5.41) is 13.1. The van der Waals surface area contributed by atoms with E-state index in [4.69, 9.17) is 0 Å². The number of carbonyl (C=O) groups is 1. The van der Waals surface area contributed by atoms with Crippen molar-refractivity contribution >= 4 is 5.97 Å². The monoisotopic (exact) mass is 265 g/mol. The number of esters is 1. The number of methoxy groups -OCH3 is 1. The highest BCUT2D eigenvalue weighted by atomic mass is 16.5. The van der Waals surface area contributed by atoms with Crippen molar-refractivity contribution in [1.29, 1.82) is 0 Å². The van der Waals surface area contributed by atoms with E-state index >= 15 is 0 Å². The highest BCUT2D eigenvalue weighted by Gasteiger charge is 2.16. The molecule has 0 bridgehead atoms. The topological polar surface area (TPSA) is 58.6 Å². The molecule has 19 heavy (non-hydrogen) atoms. The van der Waals surface area contributed by atoms with E-state index in [1.165, 1.54) is 7.11 Å². The molecule has 0 amide bonds. The van der Waals surface area contributed by atoms with Crippen molar-refractivity contribution in [3.8, 4) is 0 Å². The third kappa shape index (κ3) is 5.41. The first-order valence-corrected chi connectivity index (χ1v) is 6.55. The normalized spacial score (nSPS) is 13.9. The van der Waals surface area contributed by atoms with Gasteiger partial charge in [0.15, 0.2) is 0 Å². The fraction of sp³-hybridized carbons (Fsp3) is 0.533. The van der Waals surface area contributed by atoms with Gasteiger partial charge in [0.1, 0.15) is 0 Å². The molecule has 0 fully saturated rings. The summed E-state index contributed by atoms with van der Waals surface area (Å²) in [6.45, 7) is 4.91. The van der Waals surface area contributed by atoms with E-state index in [1.807, 2.05) is 31.2 Å². The van der Waals surface area contributed by atoms with Crippen LogP contribution in [0, 0.1) is 0 Å². The molecule has 4 heteroatoms. The average molecular weight is 265 g/mol. The van der Waals surface area contributed by atoms with Crippen molar-refractivity contribution in [2.24, 2.45) is 0 Å². The first-order chi connectivity index (χ1) is 8.98. The maximum Gasteiger partial charge on any atom is 0.309 e. The first kappa shape index (κ1) is 15.7. The van der Waals surface area contributed by atoms with Gasteiger partial charge in [-0.1, -0.05) is 31.2 Å². The summed E-state index contributed by atoms with van der Waals surface area (Å²) in [6, 6.07) is 7.75. The van der Waals surface area contributed by atoms with Crippen molar-refractivity contribution < 1.29 is 14.6 Å². The lowest BCUT2D eigenvalue weighted by Crippen LogP contribution is -2.36. The summed E-state index contributed by atoms with van der Waals surface area (Å²) < 4.78 is 4.69. The highest BCUT2D eigenvalue weighted by Crippen LogP contribution is 2.11. The average Bonchev–Trinajstić information content (AvgIpc) is 2.40. The Morgan fingerprint density at radius 3 is 2.58 bits per heavy atom. The van der Waals surface area contributed by atoms with Crippen LogP contribution < -0.4 is 5.32 Å². The minimum absolute atomic E-state index is 0.243. The molecule has 2 N–H and O–H groups in total. The van der Waals surface area contributed by atoms with Gasteiger partial charge in [0.25, 0.3) is 0 Å². The van der Waals surface area contributed by atoms with Crippen molar-refractivity contribution in [2.45, 2.75) is 38.8 Å². The molecule has 0 aliphatic rings. The highest BCUT2D eigenvalue weighted by molar-refractivity contribution is 5.72. The largest absolute Gasteiger partial charge is 0.469 e. The van der Waals surface area contributed by atoms with E-state index in [0.29, 0.717) is 19.5 Å². The molecule has 0 aromatic heterocycles. The molecule has 1 atom stereocenters. The van der Waals surface area contributed by atoms with E-state index in [0.717, 1.165) is 11.1 Å². The number of nitrogens with one attached hydrogen (secondary N) is 1. The maximum absolute atomic E-state index is 11.3. The maximum atomic E-state index is 11.3. The van der Waals surface area contributed by atoms with Crippen LogP contribution in [0.15, 0.2) is 24.3 Å². The third-order valence-electron chi connectivity index (χ3n) is 3.26. The van der Waals surface area contributed by atoms with E-state index in [1.54, 1.807) is 6.92 Å². The molecular formula is C15H23NO3. The standard InChI is InChI=1S/C15H23NO3/c1-4-15(2,18)11-16-10-13-8-6-5-7-12(13)9-14(17)19-3/h5-8,16,18H,4,9-11H2,1-3H3. The van der Waals surface area contributed by atoms with Crippen LogP contribution in [0.4, 0.5) is 0 Å². The number of rotatable bonds is 7. The van der Waals surface area contributed by atoms with Gasteiger partial charge in [-0.25, -0.2) is 0 Å². The van der Waals surface area contributed by atoms with Crippen LogP contribution in [0.2, 0.25) is 0 Å². The number of ether oxygens (including phenoxy) is 1. The second-order valence-electron chi connectivity index (χ2n) is 4.98. The first-order valence-electron chi connectivity index (χ1n) is 6.55. The lowest BCUT2D eigenvalue weighted by atomic mass is 10.0. The van der Waals surface area contributed by atoms with Gasteiger partial charge in [0.05, 0.1) is 19.1 Å². The minimum atomic E-state index is -0.697. The second kappa shape index (κ2) is 7.26. The fourth-order valence-corrected chi connectivity index (χ4v) is 1.72. The number of benzene rings is 1. The zero-order chi connectivity index (χ0) is 14.3. The molecule has 0 radical (unpaired) electrons. The molecule has 4 nitrogen and oxygen atoms in total. The van der Waals surface area contributed by atoms with Crippen LogP contribution in [0.1, 0.15) is 31.4 Å². The number of hydrogen-bond acceptors (Lipinski definition) is 4. The Kier molecular flexibility index (Phi) is 5.99. The third-order valence-corrected chi connectivity index (χ3v) is 3.26. The van der Waals surface area contributed by atoms with Gasteiger partial charge in [0, 0.05) is 13.1 Å². The lowest BCUT2D eigenvalue weighted by Gasteiger charge is -2.22. The van der Waals surface area contributed by atoms with Crippen LogP contribution in [0.25, 0.3) is 0 Å². The summed E-state index contributed by atoms with van der Waals surface area (Å²) >= 11 is 0. The molecule has 1 aromatic rings. The molecule has 0 spiro atoms. The molecule has 0 saturated heterocycles. The van der Waals surface area contributed by atoms with E-state index in [2.05, 4.69) is 10.1 Å². The lowest BCUT2D eigenvalue weighted by molar-refractivity contribution is -0.139. The van der Waals surface area contributed by atoms with E-state index in [9.17, 15) is 9.90 Å². The van der Waals surface area contributed by atoms with Crippen molar-refractivity contribution in [3.63, 3.8) is 0 Å². The summed E-state index contributed by atoms with van der Waals surface area (Å²) in [6.07, 6.45) is 0.975. The van der Waals surface area contributed by atoms with Crippen LogP contribution in [0.3, 0.4) is 0 Å². The Morgan fingerprint density at radius 2 is 2.00 bits per heavy atom. The van der Waals surface area contributed by atoms with Gasteiger partial charge in [0.2, 0.25) is 0 Å². The SMILES string of the molecule is CCC(C)(O)CNCc1ccccc1CC(=O)OC. The van der Waals surface area contributed by atoms with Gasteiger partial charge >= 0.3 is 5.97 Å². The van der Waals surface area contributed by atoms with Crippen LogP contribution >= 0.6 is 0 Å². The molecule has 0 heterocycles. The van der Waals surface area contributed by atoms with Gasteiger partial charge in [-0.2, -0.15) is 0 Å². The molecule has 1 unspecified atom stereocenters. The zero-order valence-corrected chi connectivity index (χ0v) is 11.9. The van der Waals surface area contributed by atoms with Crippen LogP contribution in [-0.2, 0) is 22.5 Å². The van der Waals surface area contributed by atoms with Crippen molar-refractivity contribution in [1.82, 2.24) is 5.32 Å². The molecule has 0 saturated carbocycles. The molecule has 1 rings (SSSR count). The smallest absolute Gasteiger partial charge is 0.309 e. The number of carbonyl (C=O) groups excluding carboxylic acids is 1. The Labute approximate surface area is 114 Å². The minimum Gasteiger partial charge on any atom is -0.469 e. The predicted octanol–water partition coefficient (Wildman–Crippen LogP) is 1.65. The number of hydrogen-bond donors (Lipinski definition) is 2. The fourth-order valence-electron chi connectivity index (χ4n) is 1.72. The zero-order valence-electron chi connectivity index (χ0n) is 11.9. The Bertz CT molecular complexity index is 416. The second-order valence-corrected chi connectivity index (χ2v) is 4.98. The Hall–Kier alpha value is -1.39. The van der Waals surface area contributed by atoms with E-state index in [-0.39, 0.29) is 12.4 Å². The Morgan fingerprint density at radius 1 is 1.37 bits per heavy atom. The summed E-state index contributed by atoms with van der Waals surface area (Å²) in [5.41, 5.74) is 1.31. The van der Waals surface area contributed by atoms with Crippen molar-refractivity contribution in [2.75, 3.05) is 13.7 Å². The van der Waals surface area contributed by atoms with Crippen molar-refractivity contribution in [3.05, 3.63) is 35.4 Å². The molecule has 0 aliphatic carbocycles. The molecule has 106 valence electrons. The molecule has 0 aliphatic heterocycles. The van der Waals surface area contributed by atoms with Crippen LogP contribution in [0.5, 0.6) is 0 Å². The summed E-state index contributed by atoms with van der Waals surface area (Å²) in [4.78, 5) is 11.3. The molecule has 1 aromatic carbocycles. The number of aliphatic hydroxyl groups is 1. The Balaban J connectivity index is 2.60. The van der Waals surface area contributed by atoms with Gasteiger partial charge in [-0.3, -0.25) is 4.79 Å². The summed E-state index contributed by atoms with van der Waals surface area (Å²) in [5.74, 6) is -0.243. The van der Waals surface area contributed by atoms with Gasteiger partial charge < -0.3 is 15.2 Å². The van der Waals surface area contributed by atoms with E-state index < -0.39 is 5.60 Å². The quantitative estimate of drug-likeness (QED) is 0.736. The van der Waals surface area contributed by atoms with Gasteiger partial charge in [-0.15, -0.1) is 0 Å². The molecular weight excluding hydrogens is 242 g/mol. The van der Waals surface area contributed by atoms with Gasteiger partial charge in [-0.05, 0) is 24.5 Å². The van der Waals surface area contributed by atoms with Crippen LogP contribution in [-0.4, -0.2) is 30.3 Å². The predicted molar refractivity (Wildman–Crippen MR) is 74.8 cm³/mol. The summed E-state index contributed by atoms with van der Waals surface area (Å²) in [7, 11) is 1.39.